The highest BCUT2D eigenvalue weighted by atomic mass is 35.5. The number of H-pyrrole nitrogens is 1. The van der Waals surface area contributed by atoms with Gasteiger partial charge in [-0.25, -0.2) is 5.10 Å². The van der Waals surface area contributed by atoms with E-state index in [1.165, 1.54) is 10.9 Å². The molecule has 2 N–H and O–H groups in total. The molecule has 4 nitrogen and oxygen atoms in total. The second kappa shape index (κ2) is 4.14. The van der Waals surface area contributed by atoms with E-state index in [2.05, 4.69) is 46.7 Å². The molecule has 0 saturated carbocycles. The number of aromatic nitrogens is 2. The normalized spacial score (nSPS) is 14.4. The van der Waals surface area contributed by atoms with E-state index in [0.717, 1.165) is 24.6 Å². The van der Waals surface area contributed by atoms with Crippen molar-refractivity contribution >= 4 is 16.9 Å². The molecule has 2 aromatic rings. The Morgan fingerprint density at radius 2 is 2.25 bits per heavy atom. The number of hydrogen-bond donors (Lipinski definition) is 2. The summed E-state index contributed by atoms with van der Waals surface area (Å²) < 4.78 is 1.94. The third-order valence-corrected chi connectivity index (χ3v) is 2.60. The molecule has 0 amide bonds. The molecule has 1 aromatic carbocycles. The van der Waals surface area contributed by atoms with Gasteiger partial charge in [-0.2, -0.15) is 0 Å². The van der Waals surface area contributed by atoms with Crippen LogP contribution in [-0.2, 0) is 0 Å². The molecule has 0 spiro atoms. The Morgan fingerprint density at radius 1 is 1.38 bits per heavy atom. The predicted molar refractivity (Wildman–Crippen MR) is 58.9 cm³/mol. The van der Waals surface area contributed by atoms with Crippen LogP contribution in [0, 0.1) is 6.92 Å². The average Bonchev–Trinajstić information content (AvgIpc) is 2.84. The molecule has 0 unspecified atom stereocenters. The first kappa shape index (κ1) is 11.0. The summed E-state index contributed by atoms with van der Waals surface area (Å²) in [5.74, 6) is 0.906. The highest BCUT2D eigenvalue weighted by Gasteiger charge is 2.18. The molecule has 2 heterocycles. The fourth-order valence-corrected chi connectivity index (χ4v) is 1.85. The highest BCUT2D eigenvalue weighted by Crippen LogP contribution is 2.10. The van der Waals surface area contributed by atoms with Gasteiger partial charge in [0.05, 0.1) is 12.1 Å². The largest absolute Gasteiger partial charge is 1.00 e. The van der Waals surface area contributed by atoms with Gasteiger partial charge in [-0.1, -0.05) is 11.6 Å². The van der Waals surface area contributed by atoms with Crippen LogP contribution in [-0.4, -0.2) is 24.1 Å². The Hall–Kier alpha value is -1.55. The van der Waals surface area contributed by atoms with Crippen LogP contribution in [0.1, 0.15) is 5.56 Å². The lowest BCUT2D eigenvalue weighted by molar-refractivity contribution is -0.618. The minimum absolute atomic E-state index is 0. The van der Waals surface area contributed by atoms with E-state index in [1.807, 2.05) is 4.68 Å². The third-order valence-electron chi connectivity index (χ3n) is 2.60. The van der Waals surface area contributed by atoms with Crippen molar-refractivity contribution in [1.82, 2.24) is 10.4 Å². The van der Waals surface area contributed by atoms with Crippen LogP contribution in [0.5, 0.6) is 0 Å². The van der Waals surface area contributed by atoms with Gasteiger partial charge in [-0.05, 0) is 19.1 Å². The summed E-state index contributed by atoms with van der Waals surface area (Å²) in [4.78, 5) is 4.36. The van der Waals surface area contributed by atoms with Gasteiger partial charge in [0.2, 0.25) is 0 Å². The summed E-state index contributed by atoms with van der Waals surface area (Å²) in [6, 6.07) is 6.36. The molecule has 1 aliphatic rings. The van der Waals surface area contributed by atoms with Crippen molar-refractivity contribution in [3.05, 3.63) is 30.0 Å². The van der Waals surface area contributed by atoms with Crippen molar-refractivity contribution < 1.29 is 17.1 Å². The van der Waals surface area contributed by atoms with Gasteiger partial charge in [0.1, 0.15) is 12.7 Å². The summed E-state index contributed by atoms with van der Waals surface area (Å²) in [6.07, 6.45) is 2.07. The predicted octanol–water partition coefficient (Wildman–Crippen LogP) is -2.42. The van der Waals surface area contributed by atoms with Gasteiger partial charge in [0.15, 0.2) is 0 Å². The molecule has 0 saturated heterocycles. The van der Waals surface area contributed by atoms with Gasteiger partial charge in [0, 0.05) is 5.39 Å². The molecule has 1 aromatic heterocycles. The van der Waals surface area contributed by atoms with E-state index in [4.69, 9.17) is 0 Å². The Kier molecular flexibility index (Phi) is 2.83. The number of aromatic amines is 1. The van der Waals surface area contributed by atoms with Gasteiger partial charge in [-0.15, -0.1) is 9.67 Å². The Labute approximate surface area is 99.8 Å². The molecular formula is C11H13ClN4. The van der Waals surface area contributed by atoms with E-state index >= 15 is 0 Å². The number of halogens is 1. The SMILES string of the molecule is Cc1ccc2[nH][n+](C3=NCCN3)cc2c1.[Cl-]. The zero-order valence-electron chi connectivity index (χ0n) is 9.00. The number of aryl methyl sites for hydroxylation is 1. The third kappa shape index (κ3) is 1.76. The molecule has 84 valence electrons. The van der Waals surface area contributed by atoms with E-state index in [9.17, 15) is 0 Å². The number of aliphatic imine (C=N–C) groups is 1. The lowest BCUT2D eigenvalue weighted by Crippen LogP contribution is -3.00. The summed E-state index contributed by atoms with van der Waals surface area (Å²) >= 11 is 0. The zero-order valence-corrected chi connectivity index (χ0v) is 9.75. The van der Waals surface area contributed by atoms with Gasteiger partial charge in [-0.3, -0.25) is 5.32 Å². The summed E-state index contributed by atoms with van der Waals surface area (Å²) in [7, 11) is 0. The molecule has 3 rings (SSSR count). The number of hydrogen-bond acceptors (Lipinski definition) is 2. The Bertz CT molecular complexity index is 544. The van der Waals surface area contributed by atoms with E-state index in [-0.39, 0.29) is 12.4 Å². The van der Waals surface area contributed by atoms with Crippen LogP contribution >= 0.6 is 0 Å². The maximum atomic E-state index is 4.36. The molecular weight excluding hydrogens is 224 g/mol. The molecule has 0 radical (unpaired) electrons. The number of fused-ring (bicyclic) bond motifs is 1. The summed E-state index contributed by atoms with van der Waals surface area (Å²) in [5, 5.41) is 7.73. The standard InChI is InChI=1S/C11H12N4.ClH/c1-8-2-3-10-9(6-8)7-15(14-10)11-12-4-5-13-11;/h2-3,6-7H,4-5H2,1H3,(H,12,13);1H. The van der Waals surface area contributed by atoms with Crippen molar-refractivity contribution in [2.75, 3.05) is 13.1 Å². The molecule has 16 heavy (non-hydrogen) atoms. The molecule has 0 aliphatic carbocycles. The van der Waals surface area contributed by atoms with Crippen LogP contribution in [0.25, 0.3) is 10.9 Å². The van der Waals surface area contributed by atoms with E-state index in [1.54, 1.807) is 0 Å². The number of benzene rings is 1. The lowest BCUT2D eigenvalue weighted by Gasteiger charge is -1.90. The van der Waals surface area contributed by atoms with E-state index < -0.39 is 0 Å². The second-order valence-electron chi connectivity index (χ2n) is 3.83. The monoisotopic (exact) mass is 236 g/mol. The highest BCUT2D eigenvalue weighted by molar-refractivity contribution is 5.80. The minimum atomic E-state index is 0. The fraction of sp³-hybridized carbons (Fsp3) is 0.273. The van der Waals surface area contributed by atoms with Crippen LogP contribution in [0.2, 0.25) is 0 Å². The number of nitrogens with zero attached hydrogens (tertiary/aromatic N) is 2. The maximum absolute atomic E-state index is 4.36. The first-order valence-corrected chi connectivity index (χ1v) is 5.13. The maximum Gasteiger partial charge on any atom is 0.408 e. The van der Waals surface area contributed by atoms with Crippen molar-refractivity contribution in [2.45, 2.75) is 6.92 Å². The quantitative estimate of drug-likeness (QED) is 0.491. The van der Waals surface area contributed by atoms with Crippen molar-refractivity contribution in [3.63, 3.8) is 0 Å². The van der Waals surface area contributed by atoms with Gasteiger partial charge in [0.25, 0.3) is 0 Å². The van der Waals surface area contributed by atoms with Crippen LogP contribution in [0.3, 0.4) is 0 Å². The zero-order chi connectivity index (χ0) is 10.3. The first-order chi connectivity index (χ1) is 7.33. The van der Waals surface area contributed by atoms with Gasteiger partial charge < -0.3 is 12.4 Å². The number of nitrogens with one attached hydrogen (secondary N) is 2. The topological polar surface area (TPSA) is 44.1 Å². The second-order valence-corrected chi connectivity index (χ2v) is 3.83. The van der Waals surface area contributed by atoms with Gasteiger partial charge >= 0.3 is 5.96 Å². The minimum Gasteiger partial charge on any atom is -1.00 e. The summed E-state index contributed by atoms with van der Waals surface area (Å²) in [6.45, 7) is 3.88. The first-order valence-electron chi connectivity index (χ1n) is 5.13. The average molecular weight is 237 g/mol. The Morgan fingerprint density at radius 3 is 3.00 bits per heavy atom. The molecule has 0 atom stereocenters. The lowest BCUT2D eigenvalue weighted by atomic mass is 10.2. The van der Waals surface area contributed by atoms with E-state index in [0.29, 0.717) is 0 Å². The molecule has 5 heteroatoms. The molecule has 1 aliphatic heterocycles. The van der Waals surface area contributed by atoms with Crippen molar-refractivity contribution in [1.29, 1.82) is 0 Å². The molecule has 0 fully saturated rings. The molecule has 0 bridgehead atoms. The van der Waals surface area contributed by atoms with Crippen molar-refractivity contribution in [3.8, 4) is 0 Å². The van der Waals surface area contributed by atoms with Crippen LogP contribution in [0.15, 0.2) is 29.4 Å². The fourth-order valence-electron chi connectivity index (χ4n) is 1.85. The van der Waals surface area contributed by atoms with Crippen molar-refractivity contribution in [2.24, 2.45) is 4.99 Å². The Balaban J connectivity index is 0.000000963. The smallest absolute Gasteiger partial charge is 0.408 e. The summed E-state index contributed by atoms with van der Waals surface area (Å²) in [5.41, 5.74) is 2.41. The number of rotatable bonds is 0. The van der Waals surface area contributed by atoms with Crippen LogP contribution < -0.4 is 22.4 Å². The van der Waals surface area contributed by atoms with Crippen LogP contribution in [0.4, 0.5) is 0 Å².